The molecule has 0 heterocycles. The molecule has 0 saturated carbocycles. The van der Waals surface area contributed by atoms with Gasteiger partial charge >= 0.3 is 24.7 Å². The minimum absolute atomic E-state index is 0. The summed E-state index contributed by atoms with van der Waals surface area (Å²) < 4.78 is 172. The first-order valence-corrected chi connectivity index (χ1v) is 23.6. The molecule has 4 nitrogen and oxygen atoms in total. The number of hydrogen-bond donors (Lipinski definition) is 1. The third-order valence-electron chi connectivity index (χ3n) is 9.64. The molecule has 6 aromatic carbocycles. The molecule has 0 fully saturated rings. The van der Waals surface area contributed by atoms with Gasteiger partial charge < -0.3 is 14.2 Å². The molecule has 0 aliphatic carbocycles. The summed E-state index contributed by atoms with van der Waals surface area (Å²) in [7, 11) is -6.37. The Balaban J connectivity index is 0.000000297. The van der Waals surface area contributed by atoms with Gasteiger partial charge in [0, 0.05) is 87.3 Å². The zero-order chi connectivity index (χ0) is 51.1. The minimum Gasteiger partial charge on any atom is -0.504 e. The Morgan fingerprint density at radius 1 is 0.543 bits per heavy atom. The van der Waals surface area contributed by atoms with E-state index in [1.54, 1.807) is 54.6 Å². The van der Waals surface area contributed by atoms with E-state index in [1.807, 2.05) is 97.1 Å². The topological polar surface area (TPSA) is 71.4 Å². The Hall–Kier alpha value is -5.05. The first-order chi connectivity index (χ1) is 32.3. The van der Waals surface area contributed by atoms with Crippen LogP contribution in [-0.4, -0.2) is 29.4 Å². The molecule has 0 aromatic heterocycles. The summed E-state index contributed by atoms with van der Waals surface area (Å²) in [6, 6.07) is 48.7. The molecule has 0 bridgehead atoms. The van der Waals surface area contributed by atoms with Crippen molar-refractivity contribution in [1.82, 2.24) is 0 Å². The second kappa shape index (κ2) is 25.9. The van der Waals surface area contributed by atoms with Crippen LogP contribution in [0.5, 0.6) is 0 Å². The number of halogens is 12. The second-order valence-corrected chi connectivity index (χ2v) is 19.9. The summed E-state index contributed by atoms with van der Waals surface area (Å²) in [6.07, 6.45) is -15.3. The molecule has 6 rings (SSSR count). The SMILES string of the molecule is C=C/C(=C/C/C=C\CC(F)(F)F)P(=O)(c1ccccc1)c1ccccc1.O=C(/C=C(\O)C(F)(F)F)C(F)(F)F.O=P(c1ccccc1)(c1ccccc1)c1ccccc1-c1ccc(C(F)(F)F)cc1.[Eu]. The average molecular weight is 1160 g/mol. The van der Waals surface area contributed by atoms with Gasteiger partial charge in [0.2, 0.25) is 5.76 Å². The van der Waals surface area contributed by atoms with Crippen molar-refractivity contribution in [1.29, 1.82) is 0 Å². The van der Waals surface area contributed by atoms with E-state index in [0.29, 0.717) is 43.0 Å². The summed E-state index contributed by atoms with van der Waals surface area (Å²) in [6.45, 7) is 3.77. The number of carbonyl (C=O) groups is 1. The molecule has 0 saturated heterocycles. The number of allylic oxidation sites excluding steroid dienone is 7. The molecule has 1 radical (unpaired) electrons. The number of ketones is 1. The number of carbonyl (C=O) groups excluding carboxylic acids is 1. The Morgan fingerprint density at radius 3 is 1.34 bits per heavy atom. The quantitative estimate of drug-likeness (QED) is 0.0331. The fourth-order valence-corrected chi connectivity index (χ4v) is 12.0. The molecule has 0 amide bonds. The van der Waals surface area contributed by atoms with Crippen LogP contribution in [0.15, 0.2) is 218 Å². The maximum absolute atomic E-state index is 14.7. The van der Waals surface area contributed by atoms with Gasteiger partial charge in [-0.1, -0.05) is 189 Å². The van der Waals surface area contributed by atoms with Gasteiger partial charge in [0.15, 0.2) is 14.3 Å². The number of hydrogen-bond acceptors (Lipinski definition) is 4. The number of benzene rings is 6. The zero-order valence-corrected chi connectivity index (χ0v) is 40.4. The van der Waals surface area contributed by atoms with Crippen molar-refractivity contribution >= 4 is 46.6 Å². The van der Waals surface area contributed by atoms with Crippen LogP contribution in [0, 0.1) is 49.4 Å². The van der Waals surface area contributed by atoms with Crippen molar-refractivity contribution < 1.29 is 121 Å². The standard InChI is InChI=1S/C25H18F3OP.C21H20F3OP.C5H2F6O2.Eu/c26-25(27,28)20-17-15-19(16-18-20)23-13-7-8-14-24(23)30(29,21-9-3-1-4-10-21)22-11-5-2-6-12-22;1-2-18(12-10-5-11-17-21(22,23)24)26(25,19-13-6-3-7-14-19)20-15-8-4-9-16-20;6-4(7,8)2(12)1-3(13)5(9,10)11;/h1-18H;2-9,11-16H,1,10,17H2;1,12H;/b;11-5-,18-12-;2-1-;. The van der Waals surface area contributed by atoms with E-state index < -0.39 is 68.6 Å². The maximum Gasteiger partial charge on any atom is 0.454 e. The van der Waals surface area contributed by atoms with Crippen molar-refractivity contribution in [3.05, 3.63) is 223 Å². The van der Waals surface area contributed by atoms with E-state index in [-0.39, 0.29) is 55.8 Å². The molecule has 0 aliphatic heterocycles. The van der Waals surface area contributed by atoms with Gasteiger partial charge in [0.05, 0.1) is 12.0 Å². The second-order valence-electron chi connectivity index (χ2n) is 14.4. The maximum atomic E-state index is 14.7. The summed E-state index contributed by atoms with van der Waals surface area (Å²) in [4.78, 5) is 9.86. The minimum atomic E-state index is -5.42. The third kappa shape index (κ3) is 16.5. The van der Waals surface area contributed by atoms with Crippen LogP contribution >= 0.6 is 14.3 Å². The zero-order valence-electron chi connectivity index (χ0n) is 36.2. The molecular weight excluding hydrogens is 1120 g/mol. The molecule has 0 spiro atoms. The Bertz CT molecular complexity index is 2720. The molecule has 19 heteroatoms. The van der Waals surface area contributed by atoms with E-state index in [9.17, 15) is 66.6 Å². The average Bonchev–Trinajstić information content (AvgIpc) is 3.32. The van der Waals surface area contributed by atoms with E-state index in [0.717, 1.165) is 18.2 Å². The summed E-state index contributed by atoms with van der Waals surface area (Å²) >= 11 is 0. The number of alkyl halides is 12. The van der Waals surface area contributed by atoms with Crippen LogP contribution < -0.4 is 26.5 Å². The van der Waals surface area contributed by atoms with Gasteiger partial charge in [-0.05, 0) is 29.7 Å². The fraction of sp³-hybridized carbons (Fsp3) is 0.118. The smallest absolute Gasteiger partial charge is 0.454 e. The van der Waals surface area contributed by atoms with Gasteiger partial charge in [-0.15, -0.1) is 0 Å². The number of aliphatic hydroxyl groups excluding tert-OH is 1. The van der Waals surface area contributed by atoms with Crippen molar-refractivity contribution in [2.45, 2.75) is 37.5 Å². The van der Waals surface area contributed by atoms with Crippen molar-refractivity contribution in [2.24, 2.45) is 0 Å². The van der Waals surface area contributed by atoms with E-state index in [4.69, 9.17) is 5.11 Å². The molecule has 0 aliphatic rings. The molecule has 70 heavy (non-hydrogen) atoms. The van der Waals surface area contributed by atoms with E-state index in [1.165, 1.54) is 24.3 Å². The van der Waals surface area contributed by atoms with Crippen LogP contribution in [0.2, 0.25) is 0 Å². The fourth-order valence-electron chi connectivity index (χ4n) is 6.39. The normalized spacial score (nSPS) is 12.7. The number of rotatable bonds is 12. The van der Waals surface area contributed by atoms with E-state index >= 15 is 0 Å². The Labute approximate surface area is 436 Å². The van der Waals surface area contributed by atoms with Gasteiger partial charge in [0.25, 0.3) is 5.78 Å². The Kier molecular flexibility index (Phi) is 21.9. The van der Waals surface area contributed by atoms with Crippen LogP contribution in [-0.2, 0) is 20.1 Å². The monoisotopic (exact) mass is 1160 g/mol. The number of aliphatic hydroxyl groups is 1. The van der Waals surface area contributed by atoms with E-state index in [2.05, 4.69) is 6.58 Å². The van der Waals surface area contributed by atoms with Crippen molar-refractivity contribution in [3.63, 3.8) is 0 Å². The summed E-state index contributed by atoms with van der Waals surface area (Å²) in [5.74, 6) is -5.34. The Morgan fingerprint density at radius 2 is 0.957 bits per heavy atom. The van der Waals surface area contributed by atoms with Gasteiger partial charge in [-0.2, -0.15) is 52.7 Å². The molecule has 6 aromatic rings. The molecule has 369 valence electrons. The largest absolute Gasteiger partial charge is 0.504 e. The summed E-state index contributed by atoms with van der Waals surface area (Å²) in [5, 5.41) is 11.7. The van der Waals surface area contributed by atoms with Gasteiger partial charge in [0.1, 0.15) is 0 Å². The molecule has 1 N–H and O–H groups in total. The van der Waals surface area contributed by atoms with Crippen LogP contribution in [0.1, 0.15) is 18.4 Å². The molecule has 0 atom stereocenters. The first-order valence-electron chi connectivity index (χ1n) is 20.2. The van der Waals surface area contributed by atoms with Crippen LogP contribution in [0.4, 0.5) is 52.7 Å². The first kappa shape index (κ1) is 59.3. The van der Waals surface area contributed by atoms with Crippen molar-refractivity contribution in [3.8, 4) is 11.1 Å². The van der Waals surface area contributed by atoms with Crippen LogP contribution in [0.25, 0.3) is 11.1 Å². The third-order valence-corrected chi connectivity index (χ3v) is 15.9. The van der Waals surface area contributed by atoms with Gasteiger partial charge in [-0.3, -0.25) is 4.79 Å². The molecular formula is C51H40EuF12O4P2. The molecule has 0 unspecified atom stereocenters. The predicted octanol–water partition coefficient (Wildman–Crippen LogP) is 14.1. The van der Waals surface area contributed by atoms with Crippen LogP contribution in [0.3, 0.4) is 0 Å². The predicted molar refractivity (Wildman–Crippen MR) is 247 cm³/mol. The van der Waals surface area contributed by atoms with Crippen molar-refractivity contribution in [2.75, 3.05) is 0 Å². The van der Waals surface area contributed by atoms with Gasteiger partial charge in [-0.25, -0.2) is 0 Å². The summed E-state index contributed by atoms with van der Waals surface area (Å²) in [5.41, 5.74) is 0.533.